The molecule has 0 bridgehead atoms. The second-order valence-corrected chi connectivity index (χ2v) is 5.33. The number of anilines is 1. The molecule has 0 aliphatic carbocycles. The molecule has 2 rings (SSSR count). The molecule has 96 valence electrons. The average molecular weight is 263 g/mol. The van der Waals surface area contributed by atoms with Gasteiger partial charge in [-0.3, -0.25) is 0 Å². The fourth-order valence-electron chi connectivity index (χ4n) is 1.52. The molecule has 2 aromatic rings. The summed E-state index contributed by atoms with van der Waals surface area (Å²) >= 11 is 1.50. The van der Waals surface area contributed by atoms with Crippen molar-refractivity contribution in [1.82, 2.24) is 10.2 Å². The summed E-state index contributed by atoms with van der Waals surface area (Å²) in [4.78, 5) is 0. The first-order valence-electron chi connectivity index (χ1n) is 5.92. The third-order valence-corrected chi connectivity index (χ3v) is 3.48. The molecule has 1 N–H and O–H groups in total. The van der Waals surface area contributed by atoms with E-state index in [1.54, 1.807) is 0 Å². The van der Waals surface area contributed by atoms with E-state index in [9.17, 15) is 0 Å². The summed E-state index contributed by atoms with van der Waals surface area (Å²) in [5, 5.41) is 12.6. The summed E-state index contributed by atoms with van der Waals surface area (Å²) in [6.07, 6.45) is 0. The first kappa shape index (κ1) is 12.8. The van der Waals surface area contributed by atoms with Gasteiger partial charge in [0.2, 0.25) is 5.13 Å². The van der Waals surface area contributed by atoms with Crippen molar-refractivity contribution < 1.29 is 4.74 Å². The highest BCUT2D eigenvalue weighted by Gasteiger charge is 2.05. The zero-order chi connectivity index (χ0) is 13.0. The number of benzene rings is 1. The molecule has 18 heavy (non-hydrogen) atoms. The summed E-state index contributed by atoms with van der Waals surface area (Å²) in [6, 6.07) is 8.17. The van der Waals surface area contributed by atoms with Gasteiger partial charge < -0.3 is 10.1 Å². The van der Waals surface area contributed by atoms with Crippen LogP contribution in [0.5, 0.6) is 5.75 Å². The fraction of sp³-hybridized carbons (Fsp3) is 0.385. The number of nitrogens with one attached hydrogen (secondary N) is 1. The van der Waals surface area contributed by atoms with Gasteiger partial charge in [0.25, 0.3) is 0 Å². The van der Waals surface area contributed by atoms with Gasteiger partial charge in [-0.2, -0.15) is 0 Å². The van der Waals surface area contributed by atoms with E-state index >= 15 is 0 Å². The summed E-state index contributed by atoms with van der Waals surface area (Å²) in [6.45, 7) is 4.80. The summed E-state index contributed by atoms with van der Waals surface area (Å²) < 4.78 is 5.72. The third-order valence-electron chi connectivity index (χ3n) is 2.57. The van der Waals surface area contributed by atoms with E-state index in [1.807, 2.05) is 19.2 Å². The predicted molar refractivity (Wildman–Crippen MR) is 74.3 cm³/mol. The molecule has 0 unspecified atom stereocenters. The summed E-state index contributed by atoms with van der Waals surface area (Å²) in [7, 11) is 1.83. The highest BCUT2D eigenvalue weighted by atomic mass is 32.1. The van der Waals surface area contributed by atoms with Crippen molar-refractivity contribution in [1.29, 1.82) is 0 Å². The van der Waals surface area contributed by atoms with Crippen LogP contribution in [0, 0.1) is 0 Å². The monoisotopic (exact) mass is 263 g/mol. The molecule has 4 nitrogen and oxygen atoms in total. The smallest absolute Gasteiger partial charge is 0.205 e. The molecule has 0 atom stereocenters. The Hall–Kier alpha value is -1.62. The molecule has 0 aliphatic rings. The van der Waals surface area contributed by atoms with Gasteiger partial charge in [0.1, 0.15) is 12.4 Å². The Bertz CT molecular complexity index is 510. The molecule has 1 heterocycles. The quantitative estimate of drug-likeness (QED) is 0.899. The van der Waals surface area contributed by atoms with Crippen LogP contribution in [-0.2, 0) is 6.61 Å². The first-order chi connectivity index (χ1) is 8.69. The van der Waals surface area contributed by atoms with Crippen molar-refractivity contribution in [3.05, 3.63) is 34.8 Å². The fourth-order valence-corrected chi connectivity index (χ4v) is 2.13. The largest absolute Gasteiger partial charge is 0.486 e. The molecular formula is C13H17N3OS. The minimum Gasteiger partial charge on any atom is -0.486 e. The molecule has 0 amide bonds. The molecule has 1 aromatic heterocycles. The lowest BCUT2D eigenvalue weighted by atomic mass is 10.0. The maximum absolute atomic E-state index is 5.72. The third kappa shape index (κ3) is 3.20. The Balaban J connectivity index is 1.99. The van der Waals surface area contributed by atoms with Crippen LogP contribution < -0.4 is 10.1 Å². The lowest BCUT2D eigenvalue weighted by molar-refractivity contribution is 0.304. The number of rotatable bonds is 5. The van der Waals surface area contributed by atoms with Crippen LogP contribution >= 0.6 is 11.3 Å². The van der Waals surface area contributed by atoms with Gasteiger partial charge in [0, 0.05) is 7.05 Å². The van der Waals surface area contributed by atoms with Crippen LogP contribution in [0.3, 0.4) is 0 Å². The highest BCUT2D eigenvalue weighted by Crippen LogP contribution is 2.22. The molecule has 0 fully saturated rings. The topological polar surface area (TPSA) is 47.0 Å². The molecule has 0 aliphatic heterocycles. The average Bonchev–Trinajstić information content (AvgIpc) is 2.84. The van der Waals surface area contributed by atoms with Crippen LogP contribution in [0.1, 0.15) is 30.3 Å². The van der Waals surface area contributed by atoms with Crippen molar-refractivity contribution >= 4 is 16.5 Å². The van der Waals surface area contributed by atoms with Gasteiger partial charge in [0.05, 0.1) is 0 Å². The Morgan fingerprint density at radius 1 is 1.33 bits per heavy atom. The SMILES string of the molecule is CNc1nnc(COc2cccc(C(C)C)c2)s1. The Labute approximate surface area is 111 Å². The van der Waals surface area contributed by atoms with Crippen LogP contribution in [0.15, 0.2) is 24.3 Å². The van der Waals surface area contributed by atoms with E-state index in [0.717, 1.165) is 15.9 Å². The number of aromatic nitrogens is 2. The van der Waals surface area contributed by atoms with Crippen LogP contribution in [0.2, 0.25) is 0 Å². The van der Waals surface area contributed by atoms with E-state index in [4.69, 9.17) is 4.74 Å². The summed E-state index contributed by atoms with van der Waals surface area (Å²) in [5.74, 6) is 1.38. The number of nitrogens with zero attached hydrogens (tertiary/aromatic N) is 2. The van der Waals surface area contributed by atoms with Gasteiger partial charge >= 0.3 is 0 Å². The Kier molecular flexibility index (Phi) is 4.15. The molecule has 0 saturated carbocycles. The maximum Gasteiger partial charge on any atom is 0.205 e. The second kappa shape index (κ2) is 5.82. The number of ether oxygens (including phenoxy) is 1. The molecule has 1 aromatic carbocycles. The maximum atomic E-state index is 5.72. The number of hydrogen-bond donors (Lipinski definition) is 1. The predicted octanol–water partition coefficient (Wildman–Crippen LogP) is 3.28. The van der Waals surface area contributed by atoms with E-state index in [-0.39, 0.29) is 0 Å². The molecular weight excluding hydrogens is 246 g/mol. The standard InChI is InChI=1S/C13H17N3OS/c1-9(2)10-5-4-6-11(7-10)17-8-12-15-16-13(14-3)18-12/h4-7,9H,8H2,1-3H3,(H,14,16). The van der Waals surface area contributed by atoms with Crippen molar-refractivity contribution in [3.63, 3.8) is 0 Å². The van der Waals surface area contributed by atoms with Crippen LogP contribution in [0.4, 0.5) is 5.13 Å². The van der Waals surface area contributed by atoms with Gasteiger partial charge in [-0.05, 0) is 23.6 Å². The van der Waals surface area contributed by atoms with Crippen molar-refractivity contribution in [2.45, 2.75) is 26.4 Å². The van der Waals surface area contributed by atoms with Gasteiger partial charge in [-0.15, -0.1) is 10.2 Å². The van der Waals surface area contributed by atoms with Crippen LogP contribution in [-0.4, -0.2) is 17.2 Å². The van der Waals surface area contributed by atoms with E-state index in [0.29, 0.717) is 12.5 Å². The zero-order valence-electron chi connectivity index (χ0n) is 10.8. The molecule has 0 radical (unpaired) electrons. The van der Waals surface area contributed by atoms with Crippen molar-refractivity contribution in [2.24, 2.45) is 0 Å². The minimum atomic E-state index is 0.459. The highest BCUT2D eigenvalue weighted by molar-refractivity contribution is 7.15. The lowest BCUT2D eigenvalue weighted by Gasteiger charge is -2.08. The van der Waals surface area contributed by atoms with E-state index in [2.05, 4.69) is 41.5 Å². The molecule has 0 saturated heterocycles. The van der Waals surface area contributed by atoms with E-state index in [1.165, 1.54) is 16.9 Å². The van der Waals surface area contributed by atoms with Crippen molar-refractivity contribution in [3.8, 4) is 5.75 Å². The normalized spacial score (nSPS) is 10.7. The molecule has 5 heteroatoms. The van der Waals surface area contributed by atoms with Crippen LogP contribution in [0.25, 0.3) is 0 Å². The Morgan fingerprint density at radius 2 is 2.17 bits per heavy atom. The summed E-state index contributed by atoms with van der Waals surface area (Å²) in [5.41, 5.74) is 1.28. The minimum absolute atomic E-state index is 0.459. The van der Waals surface area contributed by atoms with Gasteiger partial charge in [-0.25, -0.2) is 0 Å². The van der Waals surface area contributed by atoms with Crippen molar-refractivity contribution in [2.75, 3.05) is 12.4 Å². The van der Waals surface area contributed by atoms with E-state index < -0.39 is 0 Å². The first-order valence-corrected chi connectivity index (χ1v) is 6.73. The number of hydrogen-bond acceptors (Lipinski definition) is 5. The van der Waals surface area contributed by atoms with Gasteiger partial charge in [-0.1, -0.05) is 37.3 Å². The van der Waals surface area contributed by atoms with Gasteiger partial charge in [0.15, 0.2) is 5.01 Å². The lowest BCUT2D eigenvalue weighted by Crippen LogP contribution is -1.96. The molecule has 0 spiro atoms. The second-order valence-electron chi connectivity index (χ2n) is 4.27. The Morgan fingerprint density at radius 3 is 2.83 bits per heavy atom. The zero-order valence-corrected chi connectivity index (χ0v) is 11.6.